The molecule has 0 fully saturated rings. The van der Waals surface area contributed by atoms with Gasteiger partial charge in [0.1, 0.15) is 11.5 Å². The molecule has 4 nitrogen and oxygen atoms in total. The molecule has 0 amide bonds. The van der Waals surface area contributed by atoms with Gasteiger partial charge in [0.2, 0.25) is 0 Å². The van der Waals surface area contributed by atoms with E-state index < -0.39 is 0 Å². The molecule has 0 aliphatic rings. The summed E-state index contributed by atoms with van der Waals surface area (Å²) in [6.45, 7) is 3.24. The number of nitrogens with two attached hydrogens (primary N) is 1. The van der Waals surface area contributed by atoms with Crippen LogP contribution >= 0.6 is 15.9 Å². The molecule has 0 aromatic carbocycles. The lowest BCUT2D eigenvalue weighted by molar-refractivity contribution is 0.211. The molecule has 18 heavy (non-hydrogen) atoms. The number of aryl methyl sites for hydroxylation is 1. The van der Waals surface area contributed by atoms with E-state index in [2.05, 4.69) is 20.8 Å². The quantitative estimate of drug-likeness (QED) is 0.921. The molecule has 0 radical (unpaired) electrons. The van der Waals surface area contributed by atoms with Gasteiger partial charge >= 0.3 is 0 Å². The van der Waals surface area contributed by atoms with Gasteiger partial charge in [-0.2, -0.15) is 0 Å². The number of furan rings is 2. The standard InChI is InChI=1S/C13H17BrN2O2/c1-9-10(3-5-17-9)8-16(2)12(7-15)13-11(14)4-6-18-13/h3-6,12H,7-8,15H2,1-2H3. The second-order valence-electron chi connectivity index (χ2n) is 4.30. The van der Waals surface area contributed by atoms with Crippen molar-refractivity contribution in [3.05, 3.63) is 46.2 Å². The monoisotopic (exact) mass is 312 g/mol. The SMILES string of the molecule is Cc1occc1CN(C)C(CN)c1occc1Br. The highest BCUT2D eigenvalue weighted by molar-refractivity contribution is 9.10. The van der Waals surface area contributed by atoms with Crippen molar-refractivity contribution in [3.63, 3.8) is 0 Å². The average molecular weight is 313 g/mol. The molecule has 5 heteroatoms. The van der Waals surface area contributed by atoms with E-state index in [9.17, 15) is 0 Å². The smallest absolute Gasteiger partial charge is 0.136 e. The minimum absolute atomic E-state index is 0.0451. The predicted octanol–water partition coefficient (Wildman–Crippen LogP) is 3.08. The molecule has 2 aromatic rings. The highest BCUT2D eigenvalue weighted by atomic mass is 79.9. The Morgan fingerprint density at radius 3 is 2.56 bits per heavy atom. The molecule has 0 saturated heterocycles. The third-order valence-electron chi connectivity index (χ3n) is 3.09. The summed E-state index contributed by atoms with van der Waals surface area (Å²) in [5, 5.41) is 0. The Hall–Kier alpha value is -1.04. The summed E-state index contributed by atoms with van der Waals surface area (Å²) < 4.78 is 11.8. The second-order valence-corrected chi connectivity index (χ2v) is 5.16. The van der Waals surface area contributed by atoms with Gasteiger partial charge in [0, 0.05) is 18.7 Å². The molecule has 1 unspecified atom stereocenters. The van der Waals surface area contributed by atoms with Crippen LogP contribution in [0.3, 0.4) is 0 Å². The lowest BCUT2D eigenvalue weighted by Crippen LogP contribution is -2.30. The van der Waals surface area contributed by atoms with Crippen LogP contribution in [-0.4, -0.2) is 18.5 Å². The fourth-order valence-corrected chi connectivity index (χ4v) is 2.45. The van der Waals surface area contributed by atoms with E-state index in [0.717, 1.165) is 22.5 Å². The van der Waals surface area contributed by atoms with E-state index in [1.54, 1.807) is 12.5 Å². The molecule has 0 spiro atoms. The second kappa shape index (κ2) is 5.73. The van der Waals surface area contributed by atoms with Crippen molar-refractivity contribution in [2.24, 2.45) is 5.73 Å². The molecular formula is C13H17BrN2O2. The van der Waals surface area contributed by atoms with E-state index in [-0.39, 0.29) is 6.04 Å². The summed E-state index contributed by atoms with van der Waals surface area (Å²) in [6.07, 6.45) is 3.37. The van der Waals surface area contributed by atoms with Crippen molar-refractivity contribution in [1.29, 1.82) is 0 Å². The lowest BCUT2D eigenvalue weighted by Gasteiger charge is -2.25. The van der Waals surface area contributed by atoms with E-state index in [1.807, 2.05) is 26.1 Å². The van der Waals surface area contributed by atoms with E-state index in [1.165, 1.54) is 5.56 Å². The summed E-state index contributed by atoms with van der Waals surface area (Å²) in [6, 6.07) is 3.91. The fraction of sp³-hybridized carbons (Fsp3) is 0.385. The minimum Gasteiger partial charge on any atom is -0.469 e. The number of likely N-dealkylation sites (N-methyl/N-ethyl adjacent to an activating group) is 1. The van der Waals surface area contributed by atoms with E-state index in [4.69, 9.17) is 14.6 Å². The maximum Gasteiger partial charge on any atom is 0.136 e. The number of hydrogen-bond donors (Lipinski definition) is 1. The van der Waals surface area contributed by atoms with Crippen LogP contribution in [-0.2, 0) is 6.54 Å². The van der Waals surface area contributed by atoms with Crippen molar-refractivity contribution >= 4 is 15.9 Å². The van der Waals surface area contributed by atoms with Gasteiger partial charge in [-0.1, -0.05) is 0 Å². The van der Waals surface area contributed by atoms with Gasteiger partial charge in [0.15, 0.2) is 0 Å². The van der Waals surface area contributed by atoms with Crippen LogP contribution in [0.2, 0.25) is 0 Å². The van der Waals surface area contributed by atoms with Crippen molar-refractivity contribution < 1.29 is 8.83 Å². The Morgan fingerprint density at radius 1 is 1.33 bits per heavy atom. The third-order valence-corrected chi connectivity index (χ3v) is 3.74. The summed E-state index contributed by atoms with van der Waals surface area (Å²) in [7, 11) is 2.03. The molecule has 2 heterocycles. The molecule has 1 atom stereocenters. The first-order chi connectivity index (χ1) is 8.63. The van der Waals surface area contributed by atoms with Gasteiger partial charge in [-0.25, -0.2) is 0 Å². The van der Waals surface area contributed by atoms with Crippen molar-refractivity contribution in [2.45, 2.75) is 19.5 Å². The van der Waals surface area contributed by atoms with Gasteiger partial charge < -0.3 is 14.6 Å². The minimum atomic E-state index is 0.0451. The van der Waals surface area contributed by atoms with Gasteiger partial charge in [0.25, 0.3) is 0 Å². The number of hydrogen-bond acceptors (Lipinski definition) is 4. The Labute approximate surface area is 115 Å². The fourth-order valence-electron chi connectivity index (χ4n) is 1.98. The Kier molecular flexibility index (Phi) is 4.27. The largest absolute Gasteiger partial charge is 0.469 e. The summed E-state index contributed by atoms with van der Waals surface area (Å²) in [4.78, 5) is 2.15. The molecule has 2 N–H and O–H groups in total. The van der Waals surface area contributed by atoms with E-state index in [0.29, 0.717) is 6.54 Å². The first-order valence-electron chi connectivity index (χ1n) is 5.79. The zero-order valence-electron chi connectivity index (χ0n) is 10.5. The maximum absolute atomic E-state index is 5.85. The first kappa shape index (κ1) is 13.4. The third kappa shape index (κ3) is 2.68. The molecule has 98 valence electrons. The molecule has 0 aliphatic heterocycles. The number of nitrogens with zero attached hydrogens (tertiary/aromatic N) is 1. The first-order valence-corrected chi connectivity index (χ1v) is 6.59. The normalized spacial score (nSPS) is 13.2. The predicted molar refractivity (Wildman–Crippen MR) is 73.1 cm³/mol. The zero-order chi connectivity index (χ0) is 13.1. The van der Waals surface area contributed by atoms with Crippen LogP contribution < -0.4 is 5.73 Å². The van der Waals surface area contributed by atoms with Crippen molar-refractivity contribution in [3.8, 4) is 0 Å². The topological polar surface area (TPSA) is 55.5 Å². The maximum atomic E-state index is 5.85. The van der Waals surface area contributed by atoms with Gasteiger partial charge in [-0.3, -0.25) is 4.90 Å². The average Bonchev–Trinajstić information content (AvgIpc) is 2.91. The molecule has 2 aromatic heterocycles. The van der Waals surface area contributed by atoms with Crippen LogP contribution in [0.1, 0.15) is 23.1 Å². The Balaban J connectivity index is 2.14. The van der Waals surface area contributed by atoms with Crippen LogP contribution in [0.4, 0.5) is 0 Å². The summed E-state index contributed by atoms with van der Waals surface area (Å²) >= 11 is 3.47. The van der Waals surface area contributed by atoms with Gasteiger partial charge in [-0.05, 0) is 42.0 Å². The summed E-state index contributed by atoms with van der Waals surface area (Å²) in [5.74, 6) is 1.80. The number of rotatable bonds is 5. The van der Waals surface area contributed by atoms with Crippen molar-refractivity contribution in [2.75, 3.05) is 13.6 Å². The summed E-state index contributed by atoms with van der Waals surface area (Å²) in [5.41, 5.74) is 7.02. The lowest BCUT2D eigenvalue weighted by atomic mass is 10.1. The van der Waals surface area contributed by atoms with E-state index >= 15 is 0 Å². The number of halogens is 1. The Morgan fingerprint density at radius 2 is 2.06 bits per heavy atom. The van der Waals surface area contributed by atoms with Crippen LogP contribution in [0, 0.1) is 6.92 Å². The molecule has 0 saturated carbocycles. The molecule has 0 bridgehead atoms. The van der Waals surface area contributed by atoms with Gasteiger partial charge in [0.05, 0.1) is 23.0 Å². The molecular weight excluding hydrogens is 296 g/mol. The van der Waals surface area contributed by atoms with Crippen LogP contribution in [0.15, 0.2) is 38.0 Å². The van der Waals surface area contributed by atoms with Gasteiger partial charge in [-0.15, -0.1) is 0 Å². The molecule has 2 rings (SSSR count). The Bertz CT molecular complexity index is 507. The highest BCUT2D eigenvalue weighted by Gasteiger charge is 2.22. The highest BCUT2D eigenvalue weighted by Crippen LogP contribution is 2.28. The van der Waals surface area contributed by atoms with Crippen LogP contribution in [0.25, 0.3) is 0 Å². The van der Waals surface area contributed by atoms with Crippen LogP contribution in [0.5, 0.6) is 0 Å². The molecule has 0 aliphatic carbocycles. The van der Waals surface area contributed by atoms with Crippen molar-refractivity contribution in [1.82, 2.24) is 4.90 Å². The zero-order valence-corrected chi connectivity index (χ0v) is 12.1.